The van der Waals surface area contributed by atoms with Crippen molar-refractivity contribution in [2.24, 2.45) is 0 Å². The normalized spacial score (nSPS) is 10.0. The largest absolute Gasteiger partial charge is 0.508 e. The molecule has 0 aliphatic carbocycles. The predicted octanol–water partition coefficient (Wildman–Crippen LogP) is 2.74. The van der Waals surface area contributed by atoms with Gasteiger partial charge in [0.1, 0.15) is 11.5 Å². The lowest BCUT2D eigenvalue weighted by molar-refractivity contribution is 0.0697. The summed E-state index contributed by atoms with van der Waals surface area (Å²) in [6.07, 6.45) is 0. The minimum Gasteiger partial charge on any atom is -0.508 e. The zero-order valence-corrected chi connectivity index (χ0v) is 11.9. The molecule has 0 saturated heterocycles. The highest BCUT2D eigenvalue weighted by Gasteiger charge is 2.14. The van der Waals surface area contributed by atoms with Crippen molar-refractivity contribution in [1.82, 2.24) is 0 Å². The fourth-order valence-corrected chi connectivity index (χ4v) is 1.91. The minimum absolute atomic E-state index is 0.108. The van der Waals surface area contributed by atoms with E-state index in [4.69, 9.17) is 9.84 Å². The zero-order valence-electron chi connectivity index (χ0n) is 11.9. The number of rotatable bonds is 5. The van der Waals surface area contributed by atoms with E-state index in [1.54, 1.807) is 24.3 Å². The topological polar surface area (TPSA) is 95.9 Å². The number of nitrogens with one attached hydrogen (secondary N) is 1. The van der Waals surface area contributed by atoms with Crippen molar-refractivity contribution in [2.45, 2.75) is 6.92 Å². The maximum atomic E-state index is 12.2. The molecule has 0 aromatic heterocycles. The van der Waals surface area contributed by atoms with Crippen LogP contribution in [-0.4, -0.2) is 28.7 Å². The number of phenolic OH excluding ortho intramolecular Hbond substituents is 1. The van der Waals surface area contributed by atoms with E-state index >= 15 is 0 Å². The molecule has 0 spiro atoms. The Hall–Kier alpha value is -3.02. The molecular weight excluding hydrogens is 286 g/mol. The first-order chi connectivity index (χ1) is 10.5. The fourth-order valence-electron chi connectivity index (χ4n) is 1.91. The summed E-state index contributed by atoms with van der Waals surface area (Å²) in [6.45, 7) is 2.31. The number of ether oxygens (including phenoxy) is 1. The molecule has 114 valence electrons. The number of hydrogen-bond acceptors (Lipinski definition) is 4. The number of aromatic carboxylic acids is 1. The monoisotopic (exact) mass is 301 g/mol. The molecule has 6 heteroatoms. The smallest absolute Gasteiger partial charge is 0.337 e. The van der Waals surface area contributed by atoms with E-state index in [0.717, 1.165) is 6.07 Å². The lowest BCUT2D eigenvalue weighted by atomic mass is 10.1. The lowest BCUT2D eigenvalue weighted by Gasteiger charge is -2.10. The van der Waals surface area contributed by atoms with Crippen molar-refractivity contribution in [3.8, 4) is 11.5 Å². The Balaban J connectivity index is 2.25. The van der Waals surface area contributed by atoms with Crippen molar-refractivity contribution < 1.29 is 24.5 Å². The molecule has 0 atom stereocenters. The standard InChI is InChI=1S/C16H15NO5/c1-2-22-12-5-3-4-10(8-12)15(19)17-14-7-6-11(18)9-13(14)16(20)21/h3-9,18H,2H2,1H3,(H,17,19)(H,20,21). The first-order valence-electron chi connectivity index (χ1n) is 6.61. The van der Waals surface area contributed by atoms with Crippen LogP contribution in [0.3, 0.4) is 0 Å². The van der Waals surface area contributed by atoms with Gasteiger partial charge in [0.25, 0.3) is 5.91 Å². The van der Waals surface area contributed by atoms with Gasteiger partial charge in [-0.3, -0.25) is 4.79 Å². The van der Waals surface area contributed by atoms with Crippen LogP contribution >= 0.6 is 0 Å². The molecular formula is C16H15NO5. The van der Waals surface area contributed by atoms with Gasteiger partial charge >= 0.3 is 5.97 Å². The number of carbonyl (C=O) groups excluding carboxylic acids is 1. The molecule has 0 aliphatic heterocycles. The summed E-state index contributed by atoms with van der Waals surface area (Å²) in [5, 5.41) is 21.0. The average molecular weight is 301 g/mol. The molecule has 0 fully saturated rings. The van der Waals surface area contributed by atoms with Crippen LogP contribution in [0.4, 0.5) is 5.69 Å². The number of hydrogen-bond donors (Lipinski definition) is 3. The zero-order chi connectivity index (χ0) is 16.1. The van der Waals surface area contributed by atoms with Crippen LogP contribution in [-0.2, 0) is 0 Å². The van der Waals surface area contributed by atoms with Gasteiger partial charge < -0.3 is 20.3 Å². The first kappa shape index (κ1) is 15.4. The predicted molar refractivity (Wildman–Crippen MR) is 80.6 cm³/mol. The first-order valence-corrected chi connectivity index (χ1v) is 6.61. The summed E-state index contributed by atoms with van der Waals surface area (Å²) in [4.78, 5) is 23.4. The molecule has 1 amide bonds. The van der Waals surface area contributed by atoms with Crippen LogP contribution in [0.25, 0.3) is 0 Å². The molecule has 3 N–H and O–H groups in total. The van der Waals surface area contributed by atoms with Gasteiger partial charge in [-0.2, -0.15) is 0 Å². The molecule has 2 aromatic carbocycles. The van der Waals surface area contributed by atoms with E-state index in [2.05, 4.69) is 5.32 Å². The molecule has 0 heterocycles. The Morgan fingerprint density at radius 2 is 1.95 bits per heavy atom. The lowest BCUT2D eigenvalue weighted by Crippen LogP contribution is -2.14. The summed E-state index contributed by atoms with van der Waals surface area (Å²) in [7, 11) is 0. The summed E-state index contributed by atoms with van der Waals surface area (Å²) in [5.41, 5.74) is 0.266. The molecule has 0 unspecified atom stereocenters. The Bertz CT molecular complexity index is 711. The number of amides is 1. The number of carbonyl (C=O) groups is 2. The summed E-state index contributed by atoms with van der Waals surface area (Å²) >= 11 is 0. The van der Waals surface area contributed by atoms with Crippen LogP contribution in [0, 0.1) is 0 Å². The number of phenols is 1. The third kappa shape index (κ3) is 3.54. The summed E-state index contributed by atoms with van der Waals surface area (Å²) < 4.78 is 5.32. The molecule has 0 bridgehead atoms. The molecule has 0 aliphatic rings. The van der Waals surface area contributed by atoms with Gasteiger partial charge in [0.05, 0.1) is 17.9 Å². The van der Waals surface area contributed by atoms with Crippen molar-refractivity contribution in [2.75, 3.05) is 11.9 Å². The van der Waals surface area contributed by atoms with Crippen LogP contribution in [0.1, 0.15) is 27.6 Å². The second-order valence-electron chi connectivity index (χ2n) is 4.45. The van der Waals surface area contributed by atoms with Gasteiger partial charge in [0.15, 0.2) is 0 Å². The summed E-state index contributed by atoms with van der Waals surface area (Å²) in [6, 6.07) is 10.3. The van der Waals surface area contributed by atoms with Crippen molar-refractivity contribution >= 4 is 17.6 Å². The van der Waals surface area contributed by atoms with Crippen molar-refractivity contribution in [1.29, 1.82) is 0 Å². The quantitative estimate of drug-likeness (QED) is 0.738. The van der Waals surface area contributed by atoms with Crippen molar-refractivity contribution in [3.63, 3.8) is 0 Å². The number of carboxylic acids is 1. The second kappa shape index (κ2) is 6.62. The van der Waals surface area contributed by atoms with Crippen LogP contribution in [0.2, 0.25) is 0 Å². The van der Waals surface area contributed by atoms with Crippen LogP contribution in [0.15, 0.2) is 42.5 Å². The van der Waals surface area contributed by atoms with Gasteiger partial charge in [-0.1, -0.05) is 6.07 Å². The highest BCUT2D eigenvalue weighted by molar-refractivity contribution is 6.08. The molecule has 2 rings (SSSR count). The third-order valence-electron chi connectivity index (χ3n) is 2.89. The Morgan fingerprint density at radius 3 is 2.64 bits per heavy atom. The van der Waals surface area contributed by atoms with E-state index in [1.807, 2.05) is 6.92 Å². The van der Waals surface area contributed by atoms with E-state index < -0.39 is 11.9 Å². The minimum atomic E-state index is -1.24. The molecule has 0 radical (unpaired) electrons. The number of carboxylic acid groups (broad SMARTS) is 1. The van der Waals surface area contributed by atoms with Gasteiger partial charge in [-0.25, -0.2) is 4.79 Å². The van der Waals surface area contributed by atoms with Crippen molar-refractivity contribution in [3.05, 3.63) is 53.6 Å². The van der Waals surface area contributed by atoms with Gasteiger partial charge in [0.2, 0.25) is 0 Å². The van der Waals surface area contributed by atoms with E-state index in [-0.39, 0.29) is 17.0 Å². The fraction of sp³-hybridized carbons (Fsp3) is 0.125. The maximum absolute atomic E-state index is 12.2. The summed E-state index contributed by atoms with van der Waals surface area (Å²) in [5.74, 6) is -1.34. The molecule has 22 heavy (non-hydrogen) atoms. The Kier molecular flexibility index (Phi) is 4.63. The van der Waals surface area contributed by atoms with Crippen LogP contribution < -0.4 is 10.1 Å². The highest BCUT2D eigenvalue weighted by Crippen LogP contribution is 2.22. The molecule has 0 saturated carbocycles. The van der Waals surface area contributed by atoms with E-state index in [1.165, 1.54) is 12.1 Å². The molecule has 2 aromatic rings. The number of aromatic hydroxyl groups is 1. The Labute approximate surface area is 127 Å². The maximum Gasteiger partial charge on any atom is 0.337 e. The second-order valence-corrected chi connectivity index (χ2v) is 4.45. The van der Waals surface area contributed by atoms with Gasteiger partial charge in [-0.15, -0.1) is 0 Å². The molecule has 6 nitrogen and oxygen atoms in total. The van der Waals surface area contributed by atoms with Crippen LogP contribution in [0.5, 0.6) is 11.5 Å². The van der Waals surface area contributed by atoms with Gasteiger partial charge in [0, 0.05) is 5.56 Å². The van der Waals surface area contributed by atoms with E-state index in [9.17, 15) is 14.7 Å². The number of benzene rings is 2. The number of anilines is 1. The average Bonchev–Trinajstić information content (AvgIpc) is 2.49. The Morgan fingerprint density at radius 1 is 1.18 bits per heavy atom. The van der Waals surface area contributed by atoms with E-state index in [0.29, 0.717) is 17.9 Å². The third-order valence-corrected chi connectivity index (χ3v) is 2.89. The van der Waals surface area contributed by atoms with Gasteiger partial charge in [-0.05, 0) is 43.3 Å². The highest BCUT2D eigenvalue weighted by atomic mass is 16.5. The SMILES string of the molecule is CCOc1cccc(C(=O)Nc2ccc(O)cc2C(=O)O)c1.